The number of amides is 1. The maximum absolute atomic E-state index is 11.9. The van der Waals surface area contributed by atoms with Gasteiger partial charge in [-0.15, -0.1) is 0 Å². The molecule has 0 spiro atoms. The van der Waals surface area contributed by atoms with Crippen LogP contribution in [-0.2, 0) is 0 Å². The van der Waals surface area contributed by atoms with Crippen molar-refractivity contribution in [3.8, 4) is 0 Å². The second kappa shape index (κ2) is 5.45. The quantitative estimate of drug-likeness (QED) is 0.531. The molecule has 0 aliphatic rings. The molecule has 19 heavy (non-hydrogen) atoms. The van der Waals surface area contributed by atoms with Crippen LogP contribution in [0, 0.1) is 10.1 Å². The molecular formula is C12H8ClN3O3. The Hall–Kier alpha value is -2.47. The maximum Gasteiger partial charge on any atom is 0.270 e. The first-order valence-electron chi connectivity index (χ1n) is 5.24. The number of non-ortho nitro benzene ring substituents is 1. The Morgan fingerprint density at radius 1 is 1.26 bits per heavy atom. The number of halogens is 1. The largest absolute Gasteiger partial charge is 0.307 e. The molecule has 2 rings (SSSR count). The van der Waals surface area contributed by atoms with Gasteiger partial charge in [0.2, 0.25) is 0 Å². The number of carbonyl (C=O) groups excluding carboxylic acids is 1. The molecule has 1 amide bonds. The van der Waals surface area contributed by atoms with E-state index >= 15 is 0 Å². The number of nitro benzene ring substituents is 1. The van der Waals surface area contributed by atoms with Crippen molar-refractivity contribution in [3.05, 3.63) is 63.3 Å². The van der Waals surface area contributed by atoms with Crippen molar-refractivity contribution in [1.82, 2.24) is 4.98 Å². The number of nitrogens with zero attached hydrogens (tertiary/aromatic N) is 2. The first kappa shape index (κ1) is 13.0. The number of rotatable bonds is 3. The lowest BCUT2D eigenvalue weighted by atomic mass is 10.2. The van der Waals surface area contributed by atoms with E-state index in [1.165, 1.54) is 24.3 Å². The summed E-state index contributed by atoms with van der Waals surface area (Å²) in [6.45, 7) is 0. The van der Waals surface area contributed by atoms with Crippen LogP contribution in [0.25, 0.3) is 0 Å². The van der Waals surface area contributed by atoms with E-state index in [0.29, 0.717) is 0 Å². The van der Waals surface area contributed by atoms with Gasteiger partial charge < -0.3 is 5.32 Å². The van der Waals surface area contributed by atoms with E-state index in [1.807, 2.05) is 0 Å². The van der Waals surface area contributed by atoms with Crippen LogP contribution in [0.5, 0.6) is 0 Å². The zero-order valence-electron chi connectivity index (χ0n) is 9.54. The zero-order valence-corrected chi connectivity index (χ0v) is 10.3. The van der Waals surface area contributed by atoms with Gasteiger partial charge in [-0.1, -0.05) is 23.7 Å². The molecule has 1 aromatic carbocycles. The van der Waals surface area contributed by atoms with E-state index in [2.05, 4.69) is 10.3 Å². The van der Waals surface area contributed by atoms with Gasteiger partial charge in [0.15, 0.2) is 0 Å². The van der Waals surface area contributed by atoms with Gasteiger partial charge in [0.05, 0.1) is 4.92 Å². The lowest BCUT2D eigenvalue weighted by Gasteiger charge is -2.04. The molecule has 0 aliphatic carbocycles. The van der Waals surface area contributed by atoms with Crippen LogP contribution in [0.3, 0.4) is 0 Å². The average molecular weight is 278 g/mol. The SMILES string of the molecule is O=C(Nc1cccc(Cl)n1)c1cccc([N+](=O)[O-])c1. The first-order valence-corrected chi connectivity index (χ1v) is 5.62. The summed E-state index contributed by atoms with van der Waals surface area (Å²) < 4.78 is 0. The molecule has 0 fully saturated rings. The molecule has 1 aromatic heterocycles. The molecule has 1 N–H and O–H groups in total. The lowest BCUT2D eigenvalue weighted by molar-refractivity contribution is -0.384. The number of nitro groups is 1. The Labute approximate surface area is 113 Å². The number of hydrogen-bond acceptors (Lipinski definition) is 4. The second-order valence-electron chi connectivity index (χ2n) is 3.61. The van der Waals surface area contributed by atoms with Crippen molar-refractivity contribution in [2.45, 2.75) is 0 Å². The topological polar surface area (TPSA) is 85.1 Å². The molecule has 0 saturated heterocycles. The minimum absolute atomic E-state index is 0.147. The number of nitrogens with one attached hydrogen (secondary N) is 1. The molecule has 6 nitrogen and oxygen atoms in total. The molecule has 0 radical (unpaired) electrons. The fraction of sp³-hybridized carbons (Fsp3) is 0. The average Bonchev–Trinajstić information content (AvgIpc) is 2.39. The summed E-state index contributed by atoms with van der Waals surface area (Å²) in [4.78, 5) is 25.8. The van der Waals surface area contributed by atoms with Crippen LogP contribution in [0.2, 0.25) is 5.15 Å². The summed E-state index contributed by atoms with van der Waals surface area (Å²) in [6, 6.07) is 10.2. The van der Waals surface area contributed by atoms with Crippen LogP contribution in [0.1, 0.15) is 10.4 Å². The van der Waals surface area contributed by atoms with E-state index in [1.54, 1.807) is 18.2 Å². The maximum atomic E-state index is 11.9. The highest BCUT2D eigenvalue weighted by Crippen LogP contribution is 2.15. The van der Waals surface area contributed by atoms with Gasteiger partial charge in [0, 0.05) is 17.7 Å². The third-order valence-corrected chi connectivity index (χ3v) is 2.49. The standard InChI is InChI=1S/C12H8ClN3O3/c13-10-5-2-6-11(14-10)15-12(17)8-3-1-4-9(7-8)16(18)19/h1-7H,(H,14,15,17). The Kier molecular flexibility index (Phi) is 3.72. The summed E-state index contributed by atoms with van der Waals surface area (Å²) in [5.41, 5.74) is 0.0303. The molecule has 1 heterocycles. The number of anilines is 1. The van der Waals surface area contributed by atoms with E-state index in [-0.39, 0.29) is 22.2 Å². The minimum Gasteiger partial charge on any atom is -0.307 e. The van der Waals surface area contributed by atoms with Crippen molar-refractivity contribution in [2.24, 2.45) is 0 Å². The summed E-state index contributed by atoms with van der Waals surface area (Å²) in [7, 11) is 0. The smallest absolute Gasteiger partial charge is 0.270 e. The van der Waals surface area contributed by atoms with E-state index in [4.69, 9.17) is 11.6 Å². The summed E-state index contributed by atoms with van der Waals surface area (Å²) >= 11 is 5.69. The number of hydrogen-bond donors (Lipinski definition) is 1. The zero-order chi connectivity index (χ0) is 13.8. The van der Waals surface area contributed by atoms with Crippen molar-refractivity contribution in [1.29, 1.82) is 0 Å². The molecular weight excluding hydrogens is 270 g/mol. The molecule has 7 heteroatoms. The van der Waals surface area contributed by atoms with E-state index in [9.17, 15) is 14.9 Å². The lowest BCUT2D eigenvalue weighted by Crippen LogP contribution is -2.13. The molecule has 96 valence electrons. The summed E-state index contributed by atoms with van der Waals surface area (Å²) in [5.74, 6) is -0.206. The Bertz CT molecular complexity index is 646. The van der Waals surface area contributed by atoms with Crippen molar-refractivity contribution >= 4 is 29.0 Å². The molecule has 0 saturated carbocycles. The normalized spacial score (nSPS) is 9.95. The molecule has 0 aliphatic heterocycles. The Morgan fingerprint density at radius 3 is 2.68 bits per heavy atom. The van der Waals surface area contributed by atoms with Crippen LogP contribution >= 0.6 is 11.6 Å². The highest BCUT2D eigenvalue weighted by molar-refractivity contribution is 6.29. The van der Waals surface area contributed by atoms with Crippen molar-refractivity contribution in [2.75, 3.05) is 5.32 Å². The van der Waals surface area contributed by atoms with Crippen LogP contribution in [-0.4, -0.2) is 15.8 Å². The van der Waals surface area contributed by atoms with Gasteiger partial charge in [-0.2, -0.15) is 0 Å². The number of aromatic nitrogens is 1. The third kappa shape index (κ3) is 3.26. The summed E-state index contributed by atoms with van der Waals surface area (Å²) in [6.07, 6.45) is 0. The van der Waals surface area contributed by atoms with E-state index in [0.717, 1.165) is 0 Å². The van der Waals surface area contributed by atoms with Gasteiger partial charge in [-0.25, -0.2) is 4.98 Å². The van der Waals surface area contributed by atoms with Gasteiger partial charge in [0.1, 0.15) is 11.0 Å². The fourth-order valence-electron chi connectivity index (χ4n) is 1.43. The van der Waals surface area contributed by atoms with E-state index < -0.39 is 10.8 Å². The highest BCUT2D eigenvalue weighted by Gasteiger charge is 2.12. The molecule has 0 bridgehead atoms. The number of carbonyl (C=O) groups is 1. The van der Waals surface area contributed by atoms with Gasteiger partial charge in [0.25, 0.3) is 11.6 Å². The second-order valence-corrected chi connectivity index (χ2v) is 3.99. The predicted octanol–water partition coefficient (Wildman–Crippen LogP) is 2.90. The number of benzene rings is 1. The highest BCUT2D eigenvalue weighted by atomic mass is 35.5. The van der Waals surface area contributed by atoms with Crippen molar-refractivity contribution < 1.29 is 9.72 Å². The van der Waals surface area contributed by atoms with Crippen molar-refractivity contribution in [3.63, 3.8) is 0 Å². The molecule has 0 unspecified atom stereocenters. The number of pyridine rings is 1. The van der Waals surface area contributed by atoms with Gasteiger partial charge >= 0.3 is 0 Å². The minimum atomic E-state index is -0.561. The van der Waals surface area contributed by atoms with Gasteiger partial charge in [-0.3, -0.25) is 14.9 Å². The first-order chi connectivity index (χ1) is 9.06. The van der Waals surface area contributed by atoms with Crippen LogP contribution in [0.15, 0.2) is 42.5 Å². The van der Waals surface area contributed by atoms with Crippen LogP contribution in [0.4, 0.5) is 11.5 Å². The molecule has 0 atom stereocenters. The fourth-order valence-corrected chi connectivity index (χ4v) is 1.59. The Morgan fingerprint density at radius 2 is 2.00 bits per heavy atom. The van der Waals surface area contributed by atoms with Gasteiger partial charge in [-0.05, 0) is 18.2 Å². The van der Waals surface area contributed by atoms with Crippen LogP contribution < -0.4 is 5.32 Å². The monoisotopic (exact) mass is 277 g/mol. The predicted molar refractivity (Wildman–Crippen MR) is 70.3 cm³/mol. The third-order valence-electron chi connectivity index (χ3n) is 2.28. The Balaban J connectivity index is 2.20. The molecule has 2 aromatic rings. The summed E-state index contributed by atoms with van der Waals surface area (Å²) in [5, 5.41) is 13.4.